The lowest BCUT2D eigenvalue weighted by atomic mass is 10.5. The van der Waals surface area contributed by atoms with Crippen molar-refractivity contribution in [3.8, 4) is 6.01 Å². The van der Waals surface area contributed by atoms with Gasteiger partial charge in [-0.05, 0) is 13.8 Å². The Morgan fingerprint density at radius 3 is 2.50 bits per heavy atom. The Hall–Kier alpha value is -1.59. The Morgan fingerprint density at radius 2 is 2.00 bits per heavy atom. The summed E-state index contributed by atoms with van der Waals surface area (Å²) in [5.41, 5.74) is -0.446. The molecule has 0 radical (unpaired) electrons. The number of ether oxygens (including phenoxy) is 1. The van der Waals surface area contributed by atoms with Gasteiger partial charge in [0.2, 0.25) is 5.95 Å². The van der Waals surface area contributed by atoms with Gasteiger partial charge in [0.15, 0.2) is 0 Å². The first kappa shape index (κ1) is 10.5. The Morgan fingerprint density at radius 1 is 1.36 bits per heavy atom. The second-order valence-corrected chi connectivity index (χ2v) is 2.64. The predicted octanol–water partition coefficient (Wildman–Crippen LogP) is 0.0197. The van der Waals surface area contributed by atoms with Crippen LogP contribution in [0.4, 0.5) is 5.95 Å². The van der Waals surface area contributed by atoms with Gasteiger partial charge >= 0.3 is 11.7 Å². The largest absolute Gasteiger partial charge is 0.467 e. The maximum absolute atomic E-state index is 11.1. The number of hydrogen-bond acceptors (Lipinski definition) is 5. The molecule has 0 bridgehead atoms. The first-order valence-electron chi connectivity index (χ1n) is 4.48. The molecule has 0 spiro atoms. The zero-order chi connectivity index (χ0) is 10.6. The molecule has 0 saturated heterocycles. The summed E-state index contributed by atoms with van der Waals surface area (Å²) in [6.45, 7) is 5.51. The van der Waals surface area contributed by atoms with Crippen LogP contribution in [0.1, 0.15) is 13.8 Å². The van der Waals surface area contributed by atoms with Crippen molar-refractivity contribution in [1.82, 2.24) is 15.0 Å². The van der Waals surface area contributed by atoms with E-state index in [0.29, 0.717) is 5.95 Å². The molecule has 6 nitrogen and oxygen atoms in total. The smallest absolute Gasteiger partial charge is 0.352 e. The second-order valence-electron chi connectivity index (χ2n) is 2.64. The number of nitrogens with one attached hydrogen (secondary N) is 1. The van der Waals surface area contributed by atoms with E-state index in [1.807, 2.05) is 18.7 Å². The van der Waals surface area contributed by atoms with Gasteiger partial charge in [-0.1, -0.05) is 0 Å². The Bertz CT molecular complexity index is 345. The zero-order valence-electron chi connectivity index (χ0n) is 8.57. The van der Waals surface area contributed by atoms with Crippen molar-refractivity contribution in [2.45, 2.75) is 13.8 Å². The van der Waals surface area contributed by atoms with Gasteiger partial charge in [-0.25, -0.2) is 4.79 Å². The van der Waals surface area contributed by atoms with Crippen LogP contribution in [0.25, 0.3) is 0 Å². The Kier molecular flexibility index (Phi) is 3.44. The second kappa shape index (κ2) is 4.59. The molecule has 6 heteroatoms. The SMILES string of the molecule is CCN(CC)c1nc(OC)nc(=O)[nH]1. The van der Waals surface area contributed by atoms with E-state index >= 15 is 0 Å². The summed E-state index contributed by atoms with van der Waals surface area (Å²) in [6, 6.07) is 0.0932. The minimum Gasteiger partial charge on any atom is -0.467 e. The van der Waals surface area contributed by atoms with Gasteiger partial charge in [-0.15, -0.1) is 4.98 Å². The third-order valence-electron chi connectivity index (χ3n) is 1.86. The summed E-state index contributed by atoms with van der Waals surface area (Å²) in [7, 11) is 1.43. The van der Waals surface area contributed by atoms with Crippen LogP contribution in [0.3, 0.4) is 0 Å². The van der Waals surface area contributed by atoms with Crippen LogP contribution >= 0.6 is 0 Å². The van der Waals surface area contributed by atoms with E-state index in [2.05, 4.69) is 15.0 Å². The van der Waals surface area contributed by atoms with Gasteiger partial charge in [-0.2, -0.15) is 4.98 Å². The number of anilines is 1. The maximum Gasteiger partial charge on any atom is 0.352 e. The molecule has 1 N–H and O–H groups in total. The van der Waals surface area contributed by atoms with Crippen LogP contribution in [0.2, 0.25) is 0 Å². The molecule has 78 valence electrons. The molecule has 1 rings (SSSR count). The number of rotatable bonds is 4. The third-order valence-corrected chi connectivity index (χ3v) is 1.86. The molecular weight excluding hydrogens is 184 g/mol. The quantitative estimate of drug-likeness (QED) is 0.738. The van der Waals surface area contributed by atoms with Crippen LogP contribution < -0.4 is 15.3 Å². The molecule has 0 unspecified atom stereocenters. The minimum absolute atomic E-state index is 0.0932. The van der Waals surface area contributed by atoms with Gasteiger partial charge in [0.05, 0.1) is 7.11 Å². The van der Waals surface area contributed by atoms with E-state index in [1.165, 1.54) is 7.11 Å². The summed E-state index contributed by atoms with van der Waals surface area (Å²) >= 11 is 0. The first-order valence-corrected chi connectivity index (χ1v) is 4.48. The van der Waals surface area contributed by atoms with E-state index in [1.54, 1.807) is 0 Å². The number of methoxy groups -OCH3 is 1. The molecule has 1 aromatic heterocycles. The zero-order valence-corrected chi connectivity index (χ0v) is 8.57. The highest BCUT2D eigenvalue weighted by Crippen LogP contribution is 2.06. The number of H-pyrrole nitrogens is 1. The molecule has 0 aliphatic carbocycles. The molecule has 0 aliphatic heterocycles. The normalized spacial score (nSPS) is 9.93. The van der Waals surface area contributed by atoms with Crippen LogP contribution in [0.15, 0.2) is 4.79 Å². The van der Waals surface area contributed by atoms with E-state index < -0.39 is 5.69 Å². The van der Waals surface area contributed by atoms with Gasteiger partial charge in [0, 0.05) is 13.1 Å². The van der Waals surface area contributed by atoms with Crippen LogP contribution in [0.5, 0.6) is 6.01 Å². The van der Waals surface area contributed by atoms with Gasteiger partial charge < -0.3 is 9.64 Å². The number of aromatic nitrogens is 3. The lowest BCUT2D eigenvalue weighted by Gasteiger charge is -2.18. The van der Waals surface area contributed by atoms with E-state index in [-0.39, 0.29) is 6.01 Å². The first-order chi connectivity index (χ1) is 6.71. The van der Waals surface area contributed by atoms with Crippen molar-refractivity contribution in [2.24, 2.45) is 0 Å². The van der Waals surface area contributed by atoms with Crippen LogP contribution in [-0.4, -0.2) is 35.2 Å². The molecule has 0 atom stereocenters. The molecule has 0 saturated carbocycles. The fraction of sp³-hybridized carbons (Fsp3) is 0.625. The summed E-state index contributed by atoms with van der Waals surface area (Å²) in [4.78, 5) is 23.1. The lowest BCUT2D eigenvalue weighted by molar-refractivity contribution is 0.376. The predicted molar refractivity (Wildman–Crippen MR) is 52.8 cm³/mol. The van der Waals surface area contributed by atoms with Crippen molar-refractivity contribution >= 4 is 5.95 Å². The molecule has 0 aliphatic rings. The van der Waals surface area contributed by atoms with E-state index in [9.17, 15) is 4.79 Å². The van der Waals surface area contributed by atoms with Crippen molar-refractivity contribution < 1.29 is 4.74 Å². The standard InChI is InChI=1S/C8H14N4O2/c1-4-12(5-2)6-9-7(13)11-8(10-6)14-3/h4-5H2,1-3H3,(H,9,10,11,13). The van der Waals surface area contributed by atoms with Crippen molar-refractivity contribution in [1.29, 1.82) is 0 Å². The van der Waals surface area contributed by atoms with Crippen molar-refractivity contribution in [3.05, 3.63) is 10.5 Å². The third kappa shape index (κ3) is 2.21. The van der Waals surface area contributed by atoms with E-state index in [4.69, 9.17) is 4.74 Å². The summed E-state index contributed by atoms with van der Waals surface area (Å²) in [6.07, 6.45) is 0. The van der Waals surface area contributed by atoms with Gasteiger partial charge in [0.1, 0.15) is 0 Å². The summed E-state index contributed by atoms with van der Waals surface area (Å²) < 4.78 is 4.81. The van der Waals surface area contributed by atoms with Crippen molar-refractivity contribution in [3.63, 3.8) is 0 Å². The molecule has 0 aromatic carbocycles. The highest BCUT2D eigenvalue weighted by Gasteiger charge is 2.07. The maximum atomic E-state index is 11.1. The monoisotopic (exact) mass is 198 g/mol. The highest BCUT2D eigenvalue weighted by atomic mass is 16.5. The fourth-order valence-electron chi connectivity index (χ4n) is 1.12. The van der Waals surface area contributed by atoms with Crippen molar-refractivity contribution in [2.75, 3.05) is 25.1 Å². The highest BCUT2D eigenvalue weighted by molar-refractivity contribution is 5.28. The molecule has 0 fully saturated rings. The average molecular weight is 198 g/mol. The topological polar surface area (TPSA) is 71.1 Å². The molecular formula is C8H14N4O2. The summed E-state index contributed by atoms with van der Waals surface area (Å²) in [5, 5.41) is 0. The Labute approximate surface area is 81.9 Å². The number of aromatic amines is 1. The van der Waals surface area contributed by atoms with Gasteiger partial charge in [-0.3, -0.25) is 4.98 Å². The van der Waals surface area contributed by atoms with Crippen LogP contribution in [0, 0.1) is 0 Å². The fourth-order valence-corrected chi connectivity index (χ4v) is 1.12. The lowest BCUT2D eigenvalue weighted by Crippen LogP contribution is -2.27. The van der Waals surface area contributed by atoms with Crippen LogP contribution in [-0.2, 0) is 0 Å². The van der Waals surface area contributed by atoms with Gasteiger partial charge in [0.25, 0.3) is 0 Å². The summed E-state index contributed by atoms with van der Waals surface area (Å²) in [5.74, 6) is 0.492. The average Bonchev–Trinajstić information content (AvgIpc) is 2.19. The number of nitrogens with zero attached hydrogens (tertiary/aromatic N) is 3. The minimum atomic E-state index is -0.446. The molecule has 1 aromatic rings. The molecule has 0 amide bonds. The molecule has 14 heavy (non-hydrogen) atoms. The molecule has 1 heterocycles. The van der Waals surface area contributed by atoms with E-state index in [0.717, 1.165) is 13.1 Å². The number of hydrogen-bond donors (Lipinski definition) is 1. The Balaban J connectivity index is 3.07.